The van der Waals surface area contributed by atoms with Crippen molar-refractivity contribution in [3.05, 3.63) is 53.8 Å². The third-order valence-corrected chi connectivity index (χ3v) is 7.03. The Morgan fingerprint density at radius 2 is 1.56 bits per heavy atom. The van der Waals surface area contributed by atoms with Crippen LogP contribution in [0.25, 0.3) is 22.8 Å². The number of likely N-dealkylation sites (tertiary alicyclic amines) is 1. The van der Waals surface area contributed by atoms with E-state index < -0.39 is 0 Å². The van der Waals surface area contributed by atoms with E-state index in [1.54, 1.807) is 23.5 Å². The van der Waals surface area contributed by atoms with Gasteiger partial charge in [0.25, 0.3) is 0 Å². The van der Waals surface area contributed by atoms with Gasteiger partial charge in [-0.25, -0.2) is 18.5 Å². The summed E-state index contributed by atoms with van der Waals surface area (Å²) in [5, 5.41) is 29.3. The molecule has 13 heteroatoms. The van der Waals surface area contributed by atoms with Crippen molar-refractivity contribution in [2.45, 2.75) is 25.7 Å². The smallest absolute Gasteiger partial charge is 0.319 e. The van der Waals surface area contributed by atoms with Gasteiger partial charge in [-0.2, -0.15) is 0 Å². The first-order valence-electron chi connectivity index (χ1n) is 13.1. The summed E-state index contributed by atoms with van der Waals surface area (Å²) in [5.41, 5.74) is 3.22. The number of halogens is 1. The Hall–Kier alpha value is -4.26. The fourth-order valence-corrected chi connectivity index (χ4v) is 4.95. The van der Waals surface area contributed by atoms with Crippen LogP contribution in [-0.2, 0) is 20.5 Å². The predicted octanol–water partition coefficient (Wildman–Crippen LogP) is 2.67. The van der Waals surface area contributed by atoms with Crippen LogP contribution in [0.2, 0.25) is 0 Å². The van der Waals surface area contributed by atoms with Crippen molar-refractivity contribution in [1.82, 2.24) is 50.6 Å². The maximum Gasteiger partial charge on any atom is 0.319 e. The van der Waals surface area contributed by atoms with E-state index >= 15 is 0 Å². The number of anilines is 1. The van der Waals surface area contributed by atoms with Gasteiger partial charge in [-0.1, -0.05) is 12.1 Å². The molecule has 0 bridgehead atoms. The third kappa shape index (κ3) is 6.79. The fourth-order valence-electron chi connectivity index (χ4n) is 4.95. The van der Waals surface area contributed by atoms with E-state index in [4.69, 9.17) is 0 Å². The molecule has 1 aliphatic rings. The summed E-state index contributed by atoms with van der Waals surface area (Å²) in [4.78, 5) is 15.1. The zero-order valence-corrected chi connectivity index (χ0v) is 22.1. The van der Waals surface area contributed by atoms with Gasteiger partial charge in [-0.3, -0.25) is 0 Å². The Morgan fingerprint density at radius 1 is 0.949 bits per heavy atom. The largest absolute Gasteiger partial charge is 0.338 e. The minimum absolute atomic E-state index is 0.187. The summed E-state index contributed by atoms with van der Waals surface area (Å²) in [6.07, 6.45) is 4.12. The van der Waals surface area contributed by atoms with E-state index in [0.717, 1.165) is 56.4 Å². The molecule has 0 saturated carbocycles. The van der Waals surface area contributed by atoms with Gasteiger partial charge < -0.3 is 15.5 Å². The van der Waals surface area contributed by atoms with E-state index in [1.165, 1.54) is 17.7 Å². The van der Waals surface area contributed by atoms with Crippen LogP contribution in [0.15, 0.2) is 42.5 Å². The van der Waals surface area contributed by atoms with Crippen LogP contribution in [0.1, 0.15) is 24.8 Å². The summed E-state index contributed by atoms with van der Waals surface area (Å²) in [6, 6.07) is 12.1. The third-order valence-electron chi connectivity index (χ3n) is 7.03. The summed E-state index contributed by atoms with van der Waals surface area (Å²) >= 11 is 0. The number of hydrogen-bond acceptors (Lipinski definition) is 8. The van der Waals surface area contributed by atoms with Gasteiger partial charge >= 0.3 is 6.03 Å². The van der Waals surface area contributed by atoms with Crippen LogP contribution in [0.4, 0.5) is 14.9 Å². The first-order chi connectivity index (χ1) is 18.9. The first-order valence-corrected chi connectivity index (χ1v) is 13.1. The number of tetrazole rings is 2. The highest BCUT2D eigenvalue weighted by Crippen LogP contribution is 2.28. The van der Waals surface area contributed by atoms with Gasteiger partial charge in [0.2, 0.25) is 0 Å². The SMILES string of the molecule is Cn1nnnc1-c1cc(NC(=O)NCCCN2CCC(Cc3ccc(F)cc3)CC2)cc(-c2nnnn2C)c1. The highest BCUT2D eigenvalue weighted by Gasteiger charge is 2.19. The Labute approximate surface area is 225 Å². The minimum Gasteiger partial charge on any atom is -0.338 e. The summed E-state index contributed by atoms with van der Waals surface area (Å²) < 4.78 is 16.3. The van der Waals surface area contributed by atoms with Crippen molar-refractivity contribution in [3.63, 3.8) is 0 Å². The molecule has 2 aromatic heterocycles. The first kappa shape index (κ1) is 26.4. The van der Waals surface area contributed by atoms with Crippen LogP contribution in [0, 0.1) is 11.7 Å². The Morgan fingerprint density at radius 3 is 2.13 bits per heavy atom. The number of carbonyl (C=O) groups excluding carboxylic acids is 1. The number of carbonyl (C=O) groups is 1. The number of amides is 2. The molecule has 5 rings (SSSR count). The number of rotatable bonds is 9. The molecule has 0 unspecified atom stereocenters. The quantitative estimate of drug-likeness (QED) is 0.314. The Kier molecular flexibility index (Phi) is 8.16. The molecule has 12 nitrogen and oxygen atoms in total. The summed E-state index contributed by atoms with van der Waals surface area (Å²) in [7, 11) is 3.50. The second kappa shape index (κ2) is 12.1. The van der Waals surface area contributed by atoms with Gasteiger partial charge in [0.1, 0.15) is 5.82 Å². The molecule has 39 heavy (non-hydrogen) atoms. The van der Waals surface area contributed by atoms with Crippen LogP contribution >= 0.6 is 0 Å². The van der Waals surface area contributed by atoms with E-state index in [9.17, 15) is 9.18 Å². The summed E-state index contributed by atoms with van der Waals surface area (Å²) in [6.45, 7) is 3.58. The number of piperidine rings is 1. The maximum absolute atomic E-state index is 13.1. The van der Waals surface area contributed by atoms with Gasteiger partial charge in [0, 0.05) is 37.5 Å². The van der Waals surface area contributed by atoms with E-state index in [0.29, 0.717) is 29.8 Å². The van der Waals surface area contributed by atoms with Gasteiger partial charge in [0.15, 0.2) is 11.6 Å². The molecule has 204 valence electrons. The number of aromatic nitrogens is 8. The molecule has 0 spiro atoms. The van der Waals surface area contributed by atoms with Crippen molar-refractivity contribution in [2.75, 3.05) is 31.5 Å². The Bertz CT molecular complexity index is 1330. The predicted molar refractivity (Wildman–Crippen MR) is 143 cm³/mol. The lowest BCUT2D eigenvalue weighted by Crippen LogP contribution is -2.37. The van der Waals surface area contributed by atoms with E-state index in [1.807, 2.05) is 30.3 Å². The van der Waals surface area contributed by atoms with Crippen LogP contribution < -0.4 is 10.6 Å². The minimum atomic E-state index is -0.289. The van der Waals surface area contributed by atoms with E-state index in [2.05, 4.69) is 46.6 Å². The van der Waals surface area contributed by atoms with Gasteiger partial charge in [-0.15, -0.1) is 10.2 Å². The van der Waals surface area contributed by atoms with Crippen molar-refractivity contribution in [1.29, 1.82) is 0 Å². The molecule has 2 amide bonds. The second-order valence-electron chi connectivity index (χ2n) is 9.90. The molecule has 4 aromatic rings. The molecule has 0 radical (unpaired) electrons. The molecule has 1 saturated heterocycles. The lowest BCUT2D eigenvalue weighted by atomic mass is 9.90. The number of urea groups is 1. The molecule has 1 fully saturated rings. The normalized spacial score (nSPS) is 14.4. The molecule has 1 aliphatic heterocycles. The molecule has 3 heterocycles. The monoisotopic (exact) mass is 533 g/mol. The number of aryl methyl sites for hydroxylation is 2. The van der Waals surface area contributed by atoms with E-state index in [-0.39, 0.29) is 11.8 Å². The number of nitrogens with zero attached hydrogens (tertiary/aromatic N) is 9. The number of benzene rings is 2. The molecular weight excluding hydrogens is 501 g/mol. The highest BCUT2D eigenvalue weighted by molar-refractivity contribution is 5.91. The standard InChI is InChI=1S/C26H32FN11O/c1-36-24(30-32-34-36)20-15-21(25-31-33-35-37(25)2)17-23(16-20)29-26(39)28-10-3-11-38-12-8-19(9-13-38)14-18-4-6-22(27)7-5-18/h4-7,15-17,19H,3,8-14H2,1-2H3,(H2,28,29,39). The average Bonchev–Trinajstić information content (AvgIpc) is 3.56. The molecule has 0 atom stereocenters. The van der Waals surface area contributed by atoms with Gasteiger partial charge in [-0.05, 0) is 108 Å². The maximum atomic E-state index is 13.1. The van der Waals surface area contributed by atoms with Crippen LogP contribution in [-0.4, -0.2) is 77.5 Å². The number of hydrogen-bond donors (Lipinski definition) is 2. The lowest BCUT2D eigenvalue weighted by molar-refractivity contribution is 0.182. The molecule has 0 aliphatic carbocycles. The van der Waals surface area contributed by atoms with Gasteiger partial charge in [0.05, 0.1) is 0 Å². The average molecular weight is 534 g/mol. The van der Waals surface area contributed by atoms with Crippen molar-refractivity contribution in [3.8, 4) is 22.8 Å². The van der Waals surface area contributed by atoms with Crippen LogP contribution in [0.5, 0.6) is 0 Å². The summed E-state index contributed by atoms with van der Waals surface area (Å²) in [5.74, 6) is 1.55. The zero-order chi connectivity index (χ0) is 27.2. The molecular formula is C26H32FN11O. The Balaban J connectivity index is 1.10. The number of nitrogens with one attached hydrogen (secondary N) is 2. The van der Waals surface area contributed by atoms with Crippen molar-refractivity contribution in [2.24, 2.45) is 20.0 Å². The van der Waals surface area contributed by atoms with Crippen LogP contribution in [0.3, 0.4) is 0 Å². The molecule has 2 aromatic carbocycles. The fraction of sp³-hybridized carbons (Fsp3) is 0.423. The van der Waals surface area contributed by atoms with Crippen molar-refractivity contribution < 1.29 is 9.18 Å². The zero-order valence-electron chi connectivity index (χ0n) is 22.1. The topological polar surface area (TPSA) is 132 Å². The highest BCUT2D eigenvalue weighted by atomic mass is 19.1. The lowest BCUT2D eigenvalue weighted by Gasteiger charge is -2.32. The second-order valence-corrected chi connectivity index (χ2v) is 9.90. The molecule has 2 N–H and O–H groups in total. The van der Waals surface area contributed by atoms with Crippen molar-refractivity contribution >= 4 is 11.7 Å².